The molecule has 0 spiro atoms. The second kappa shape index (κ2) is 13.5. The van der Waals surface area contributed by atoms with E-state index in [1.807, 2.05) is 127 Å². The molecule has 1 N–H and O–H groups in total. The summed E-state index contributed by atoms with van der Waals surface area (Å²) in [5.41, 5.74) is 8.99. The Morgan fingerprint density at radius 3 is 1.98 bits per heavy atom. The van der Waals surface area contributed by atoms with Crippen molar-refractivity contribution in [1.82, 2.24) is 9.97 Å². The first-order chi connectivity index (χ1) is 23.2. The van der Waals surface area contributed by atoms with Crippen molar-refractivity contribution in [1.29, 1.82) is 0 Å². The Morgan fingerprint density at radius 1 is 0.625 bits per heavy atom. The Bertz CT molecular complexity index is 2310. The number of benzene rings is 5. The van der Waals surface area contributed by atoms with Gasteiger partial charge in [0.15, 0.2) is 0 Å². The van der Waals surface area contributed by atoms with Gasteiger partial charge in [0.25, 0.3) is 0 Å². The molecule has 0 bridgehead atoms. The van der Waals surface area contributed by atoms with E-state index in [-0.39, 0.29) is 25.9 Å². The molecule has 6 nitrogen and oxygen atoms in total. The van der Waals surface area contributed by atoms with E-state index in [2.05, 4.69) is 45.2 Å². The molecule has 4 heterocycles. The second-order valence-corrected chi connectivity index (χ2v) is 10.9. The number of hydrogen-bond donors (Lipinski definition) is 1. The topological polar surface area (TPSA) is 65.6 Å². The number of hydrogen-bond acceptors (Lipinski definition) is 6. The van der Waals surface area contributed by atoms with Crippen LogP contribution in [0.5, 0.6) is 5.75 Å². The van der Waals surface area contributed by atoms with Gasteiger partial charge in [-0.2, -0.15) is 30.3 Å². The van der Waals surface area contributed by atoms with Crippen molar-refractivity contribution < 1.29 is 29.6 Å². The number of pyridine rings is 2. The van der Waals surface area contributed by atoms with E-state index < -0.39 is 0 Å². The van der Waals surface area contributed by atoms with Gasteiger partial charge in [0.2, 0.25) is 0 Å². The van der Waals surface area contributed by atoms with E-state index >= 15 is 0 Å². The van der Waals surface area contributed by atoms with Crippen LogP contribution in [0.3, 0.4) is 0 Å². The number of aromatic hydroxyl groups is 1. The summed E-state index contributed by atoms with van der Waals surface area (Å²) >= 11 is 0. The van der Waals surface area contributed by atoms with Crippen molar-refractivity contribution in [3.05, 3.63) is 171 Å². The number of phenols is 1. The number of nitrogens with zero attached hydrogens (tertiary/aromatic N) is 4. The molecule has 5 aromatic carbocycles. The average Bonchev–Trinajstić information content (AvgIpc) is 3.72. The number of fused-ring (bicyclic) bond motifs is 4. The molecule has 1 aliphatic heterocycles. The van der Waals surface area contributed by atoms with E-state index in [1.165, 1.54) is 0 Å². The van der Waals surface area contributed by atoms with Crippen LogP contribution >= 0.6 is 0 Å². The zero-order valence-electron chi connectivity index (χ0n) is 25.5. The van der Waals surface area contributed by atoms with Gasteiger partial charge in [-0.05, 0) is 47.9 Å². The minimum absolute atomic E-state index is 0. The summed E-state index contributed by atoms with van der Waals surface area (Å²) in [6.45, 7) is 1.98. The molecule has 0 amide bonds. The third-order valence-electron chi connectivity index (χ3n) is 8.00. The zero-order chi connectivity index (χ0) is 31.6. The molecular formula is C41H27IrN4O2. The first-order valence-electron chi connectivity index (χ1n) is 15.2. The Balaban J connectivity index is 0.000000150. The summed E-state index contributed by atoms with van der Waals surface area (Å²) in [5.74, 6) is 0.257. The van der Waals surface area contributed by atoms with Gasteiger partial charge in [-0.15, -0.1) is 24.5 Å². The van der Waals surface area contributed by atoms with Crippen molar-refractivity contribution in [2.45, 2.75) is 0 Å². The number of para-hydroxylation sites is 6. The van der Waals surface area contributed by atoms with Crippen LogP contribution in [0, 0.1) is 18.8 Å². The molecule has 0 saturated carbocycles. The number of phenolic OH excluding ortho intramolecular Hbond substituents is 1. The van der Waals surface area contributed by atoms with E-state index in [4.69, 9.17) is 4.42 Å². The molecule has 48 heavy (non-hydrogen) atoms. The number of furan rings is 1. The normalized spacial score (nSPS) is 11.9. The molecule has 3 aromatic heterocycles. The molecule has 0 atom stereocenters. The maximum Gasteiger partial charge on any atom is 3.00 e. The molecular weight excluding hydrogens is 773 g/mol. The predicted octanol–water partition coefficient (Wildman–Crippen LogP) is 10.1. The smallest absolute Gasteiger partial charge is 0.506 e. The second-order valence-electron chi connectivity index (χ2n) is 10.9. The molecule has 232 valence electrons. The van der Waals surface area contributed by atoms with Crippen molar-refractivity contribution in [3.63, 3.8) is 0 Å². The van der Waals surface area contributed by atoms with Gasteiger partial charge in [-0.3, -0.25) is 9.97 Å². The van der Waals surface area contributed by atoms with Gasteiger partial charge in [0.1, 0.15) is 11.3 Å². The van der Waals surface area contributed by atoms with Gasteiger partial charge in [0, 0.05) is 40.5 Å². The van der Waals surface area contributed by atoms with Crippen molar-refractivity contribution in [3.8, 4) is 28.3 Å². The van der Waals surface area contributed by atoms with Crippen LogP contribution in [0.1, 0.15) is 0 Å². The Labute approximate surface area is 291 Å². The minimum Gasteiger partial charge on any atom is -0.506 e. The van der Waals surface area contributed by atoms with Gasteiger partial charge >= 0.3 is 20.1 Å². The van der Waals surface area contributed by atoms with Gasteiger partial charge < -0.3 is 19.3 Å². The molecule has 0 saturated heterocycles. The first kappa shape index (κ1) is 30.9. The summed E-state index contributed by atoms with van der Waals surface area (Å²) in [5, 5.41) is 12.3. The fourth-order valence-electron chi connectivity index (χ4n) is 5.81. The molecule has 8 aromatic rings. The quantitative estimate of drug-likeness (QED) is 0.179. The van der Waals surface area contributed by atoms with Crippen molar-refractivity contribution in [2.75, 3.05) is 9.80 Å². The monoisotopic (exact) mass is 800 g/mol. The summed E-state index contributed by atoms with van der Waals surface area (Å²) in [6.07, 6.45) is 3.58. The van der Waals surface area contributed by atoms with Gasteiger partial charge in [-0.25, -0.2) is 0 Å². The molecule has 0 aliphatic carbocycles. The van der Waals surface area contributed by atoms with Crippen LogP contribution in [0.25, 0.3) is 44.5 Å². The number of rotatable bonds is 4. The van der Waals surface area contributed by atoms with Crippen molar-refractivity contribution in [2.24, 2.45) is 0 Å². The Morgan fingerprint density at radius 2 is 1.27 bits per heavy atom. The van der Waals surface area contributed by atoms with Gasteiger partial charge in [0.05, 0.1) is 11.3 Å². The average molecular weight is 800 g/mol. The molecule has 9 rings (SSSR count). The fourth-order valence-corrected chi connectivity index (χ4v) is 5.81. The SMILES string of the molecule is Oc1ccccc1N1[CH-]N(c2[c-]cccc2)c2ccccc21.[Ir+3].[c-]1c(-c2ccccn2)cc2c(oc3ccccc32)c1-c1ccccn1. The van der Waals surface area contributed by atoms with Crippen LogP contribution in [-0.4, -0.2) is 15.1 Å². The summed E-state index contributed by atoms with van der Waals surface area (Å²) in [6, 6.07) is 51.9. The number of anilines is 4. The predicted molar refractivity (Wildman–Crippen MR) is 187 cm³/mol. The summed E-state index contributed by atoms with van der Waals surface area (Å²) in [4.78, 5) is 13.0. The van der Waals surface area contributed by atoms with Crippen LogP contribution in [0.4, 0.5) is 22.7 Å². The Kier molecular flexibility index (Phi) is 8.71. The van der Waals surface area contributed by atoms with E-state index in [1.54, 1.807) is 18.5 Å². The molecule has 1 aliphatic rings. The van der Waals surface area contributed by atoms with E-state index in [0.29, 0.717) is 0 Å². The van der Waals surface area contributed by atoms with E-state index in [0.717, 1.165) is 67.2 Å². The molecule has 0 radical (unpaired) electrons. The summed E-state index contributed by atoms with van der Waals surface area (Å²) < 4.78 is 6.14. The molecule has 0 fully saturated rings. The van der Waals surface area contributed by atoms with Crippen molar-refractivity contribution >= 4 is 44.7 Å². The van der Waals surface area contributed by atoms with E-state index in [9.17, 15) is 5.11 Å². The van der Waals surface area contributed by atoms with Crippen LogP contribution in [-0.2, 0) is 20.1 Å². The maximum atomic E-state index is 10.2. The first-order valence-corrected chi connectivity index (χ1v) is 15.2. The molecule has 0 unspecified atom stereocenters. The minimum atomic E-state index is 0. The standard InChI is InChI=1S/C22H13N2O.C19H14N2O.Ir/c1-2-10-21-16(7-1)17-13-15(19-8-3-5-11-23-19)14-18(22(17)25-21)20-9-4-6-12-24-20;22-19-13-7-6-12-18(19)21-14-20(15-8-2-1-3-9-15)16-10-4-5-11-17(16)21;/h1-13H;1-8,10-14,22H;/q-1;-2;+3. The zero-order valence-corrected chi connectivity index (χ0v) is 27.9. The third-order valence-corrected chi connectivity index (χ3v) is 8.00. The Hall–Kier alpha value is -5.75. The molecule has 7 heteroatoms. The third kappa shape index (κ3) is 5.82. The number of aromatic nitrogens is 2. The van der Waals surface area contributed by atoms with Crippen LogP contribution < -0.4 is 9.80 Å². The van der Waals surface area contributed by atoms with Crippen LogP contribution in [0.15, 0.2) is 156 Å². The van der Waals surface area contributed by atoms with Crippen LogP contribution in [0.2, 0.25) is 0 Å². The fraction of sp³-hybridized carbons (Fsp3) is 0. The maximum absolute atomic E-state index is 10.2. The summed E-state index contributed by atoms with van der Waals surface area (Å²) in [7, 11) is 0. The largest absolute Gasteiger partial charge is 3.00 e. The van der Waals surface area contributed by atoms with Gasteiger partial charge in [-0.1, -0.05) is 77.9 Å².